The molecule has 1 fully saturated rings. The molecule has 0 aliphatic carbocycles. The maximum Gasteiger partial charge on any atom is 0.321 e. The zero-order valence-corrected chi connectivity index (χ0v) is 36.1. The van der Waals surface area contributed by atoms with E-state index in [0.29, 0.717) is 25.0 Å². The Balaban J connectivity index is 1.78. The van der Waals surface area contributed by atoms with Gasteiger partial charge in [-0.1, -0.05) is 100.0 Å². The molecule has 5 atom stereocenters. The number of halogens is 1. The van der Waals surface area contributed by atoms with E-state index in [9.17, 15) is 19.2 Å². The van der Waals surface area contributed by atoms with Crippen LogP contribution in [0.1, 0.15) is 71.8 Å². The number of esters is 3. The van der Waals surface area contributed by atoms with E-state index in [-0.39, 0.29) is 50.8 Å². The van der Waals surface area contributed by atoms with Gasteiger partial charge in [-0.3, -0.25) is 14.4 Å². The number of rotatable bonds is 22. The Morgan fingerprint density at radius 3 is 1.88 bits per heavy atom. The molecule has 0 amide bonds. The Labute approximate surface area is 347 Å². The number of alkyl halides is 1. The number of benzene rings is 3. The largest absolute Gasteiger partial charge is 0.497 e. The quantitative estimate of drug-likeness (QED) is 0.0382. The monoisotopic (exact) mass is 840 g/mol. The van der Waals surface area contributed by atoms with Gasteiger partial charge in [-0.25, -0.2) is 0 Å². The average molecular weight is 841 g/mol. The number of methoxy groups -OCH3 is 2. The van der Waals surface area contributed by atoms with Crippen LogP contribution >= 0.6 is 11.6 Å². The van der Waals surface area contributed by atoms with E-state index in [0.717, 1.165) is 15.9 Å². The van der Waals surface area contributed by atoms with Gasteiger partial charge in [-0.2, -0.15) is 0 Å². The van der Waals surface area contributed by atoms with Crippen molar-refractivity contribution < 1.29 is 56.8 Å². The van der Waals surface area contributed by atoms with E-state index < -0.39 is 61.9 Å². The summed E-state index contributed by atoms with van der Waals surface area (Å²) < 4.78 is 49.1. The van der Waals surface area contributed by atoms with Crippen LogP contribution in [0.5, 0.6) is 5.75 Å². The van der Waals surface area contributed by atoms with E-state index >= 15 is 0 Å². The second kappa shape index (κ2) is 22.9. The molecule has 1 aliphatic rings. The number of ketones is 1. The first-order valence-electron chi connectivity index (χ1n) is 19.6. The molecule has 316 valence electrons. The first-order valence-corrected chi connectivity index (χ1v) is 22.0. The van der Waals surface area contributed by atoms with Gasteiger partial charge in [0.2, 0.25) is 0 Å². The molecule has 0 aromatic heterocycles. The van der Waals surface area contributed by atoms with Gasteiger partial charge in [0.25, 0.3) is 8.32 Å². The Morgan fingerprint density at radius 1 is 0.707 bits per heavy atom. The maximum atomic E-state index is 13.5. The van der Waals surface area contributed by atoms with Crippen molar-refractivity contribution in [2.24, 2.45) is 0 Å². The fourth-order valence-electron chi connectivity index (χ4n) is 7.01. The van der Waals surface area contributed by atoms with Crippen molar-refractivity contribution in [2.45, 2.75) is 109 Å². The second-order valence-electron chi connectivity index (χ2n) is 15.1. The van der Waals surface area contributed by atoms with E-state index in [1.165, 1.54) is 14.0 Å². The molecule has 0 radical (unpaired) electrons. The highest BCUT2D eigenvalue weighted by Gasteiger charge is 2.55. The van der Waals surface area contributed by atoms with Gasteiger partial charge in [-0.15, -0.1) is 11.6 Å². The van der Waals surface area contributed by atoms with Crippen molar-refractivity contribution in [2.75, 3.05) is 33.3 Å². The van der Waals surface area contributed by atoms with Crippen molar-refractivity contribution in [1.82, 2.24) is 0 Å². The van der Waals surface area contributed by atoms with E-state index in [2.05, 4.69) is 45.0 Å². The number of unbranched alkanes of at least 4 members (excludes halogenated alkanes) is 2. The predicted molar refractivity (Wildman–Crippen MR) is 221 cm³/mol. The molecule has 1 saturated heterocycles. The maximum absolute atomic E-state index is 13.5. The average Bonchev–Trinajstić information content (AvgIpc) is 3.22. The van der Waals surface area contributed by atoms with Crippen LogP contribution < -0.4 is 15.1 Å². The lowest BCUT2D eigenvalue weighted by molar-refractivity contribution is -0.313. The number of carbonyl (C=O) groups excluding carboxylic acids is 4. The van der Waals surface area contributed by atoms with Gasteiger partial charge < -0.3 is 42.4 Å². The van der Waals surface area contributed by atoms with Crippen LogP contribution in [0.25, 0.3) is 0 Å². The molecule has 4 rings (SSSR count). The highest BCUT2D eigenvalue weighted by Crippen LogP contribution is 2.38. The second-order valence-corrected chi connectivity index (χ2v) is 19.7. The molecule has 0 N–H and O–H groups in total. The lowest BCUT2D eigenvalue weighted by Gasteiger charge is -2.47. The lowest BCUT2D eigenvalue weighted by Crippen LogP contribution is -2.68. The molecular weight excluding hydrogens is 784 g/mol. The third-order valence-corrected chi connectivity index (χ3v) is 15.2. The van der Waals surface area contributed by atoms with Crippen LogP contribution in [0.15, 0.2) is 84.9 Å². The minimum Gasteiger partial charge on any atom is -0.497 e. The van der Waals surface area contributed by atoms with Gasteiger partial charge in [0, 0.05) is 19.4 Å². The predicted octanol–water partition coefficient (Wildman–Crippen LogP) is 6.06. The molecule has 0 unspecified atom stereocenters. The topological polar surface area (TPSA) is 142 Å². The fourth-order valence-corrected chi connectivity index (χ4v) is 11.6. The summed E-state index contributed by atoms with van der Waals surface area (Å²) >= 11 is 5.97. The van der Waals surface area contributed by atoms with Crippen molar-refractivity contribution >= 4 is 54.0 Å². The summed E-state index contributed by atoms with van der Waals surface area (Å²) in [6, 6.07) is 27.4. The van der Waals surface area contributed by atoms with E-state index in [1.54, 1.807) is 19.2 Å². The molecule has 0 saturated carbocycles. The summed E-state index contributed by atoms with van der Waals surface area (Å²) in [6.07, 6.45) is -3.92. The Kier molecular flexibility index (Phi) is 18.4. The van der Waals surface area contributed by atoms with Gasteiger partial charge in [0.15, 0.2) is 18.5 Å². The molecule has 14 heteroatoms. The molecule has 58 heavy (non-hydrogen) atoms. The van der Waals surface area contributed by atoms with Crippen LogP contribution in [-0.4, -0.2) is 96.0 Å². The summed E-state index contributed by atoms with van der Waals surface area (Å²) in [7, 11) is -0.236. The van der Waals surface area contributed by atoms with Crippen molar-refractivity contribution in [3.05, 3.63) is 90.5 Å². The van der Waals surface area contributed by atoms with Crippen LogP contribution in [-0.2, 0) is 58.6 Å². The van der Waals surface area contributed by atoms with E-state index in [1.807, 2.05) is 48.5 Å². The standard InChI is InChI=1S/C44H57ClO12Si/c1-31(46)21-26-38(48)56-40-36(30-54-58(44(2,3)4,34-16-10-7-11-17-34)35-18-12-8-13-19-35)55-43(52-27-15-9-14-20-37(47)51-6)42(57-39(49)28-45)41(40)53-29-32-22-24-33(50-5)25-23-32/h7-8,10-13,16-19,22-25,36,40-43H,9,14-15,20-21,26-30H2,1-6H3/t36-,40+,41+,42-,43-/m1/s1. The number of hydrogen-bond acceptors (Lipinski definition) is 12. The Hall–Kier alpha value is -4.11. The van der Waals surface area contributed by atoms with Crippen LogP contribution in [0.3, 0.4) is 0 Å². The summed E-state index contributed by atoms with van der Waals surface area (Å²) in [5.74, 6) is -1.71. The molecule has 12 nitrogen and oxygen atoms in total. The molecule has 3 aromatic carbocycles. The van der Waals surface area contributed by atoms with Gasteiger partial charge in [0.1, 0.15) is 29.6 Å². The summed E-state index contributed by atoms with van der Waals surface area (Å²) in [6.45, 7) is 7.97. The fraction of sp³-hybridized carbons (Fsp3) is 0.500. The third kappa shape index (κ3) is 12.9. The highest BCUT2D eigenvalue weighted by molar-refractivity contribution is 6.99. The first-order chi connectivity index (χ1) is 27.8. The zero-order valence-electron chi connectivity index (χ0n) is 34.3. The van der Waals surface area contributed by atoms with Crippen molar-refractivity contribution in [1.29, 1.82) is 0 Å². The van der Waals surface area contributed by atoms with Crippen molar-refractivity contribution in [3.63, 3.8) is 0 Å². The molecule has 1 aliphatic heterocycles. The van der Waals surface area contributed by atoms with Gasteiger partial charge >= 0.3 is 17.9 Å². The molecular formula is C44H57ClO12Si. The van der Waals surface area contributed by atoms with Crippen LogP contribution in [0.4, 0.5) is 0 Å². The number of carbonyl (C=O) groups is 4. The third-order valence-electron chi connectivity index (χ3n) is 9.93. The minimum absolute atomic E-state index is 0.0214. The smallest absolute Gasteiger partial charge is 0.321 e. The number of ether oxygens (including phenoxy) is 7. The SMILES string of the molecule is COC(=O)CCCCCO[C@@H]1O[C@H](CO[Si](c2ccccc2)(c2ccccc2)C(C)(C)C)[C@H](OC(=O)CCC(C)=O)[C@H](OCc2ccc(OC)cc2)[C@H]1OC(=O)CCl. The zero-order chi connectivity index (χ0) is 42.1. The lowest BCUT2D eigenvalue weighted by atomic mass is 9.98. The summed E-state index contributed by atoms with van der Waals surface area (Å²) in [5, 5.41) is 1.65. The Bertz CT molecular complexity index is 1700. The van der Waals surface area contributed by atoms with Crippen LogP contribution in [0, 0.1) is 0 Å². The molecule has 1 heterocycles. The van der Waals surface area contributed by atoms with Gasteiger partial charge in [-0.05, 0) is 52.9 Å². The highest BCUT2D eigenvalue weighted by atomic mass is 35.5. The molecule has 0 spiro atoms. The minimum atomic E-state index is -3.16. The number of Topliss-reactive ketones (excluding diaryl/α,β-unsaturated/α-hetero) is 1. The van der Waals surface area contributed by atoms with E-state index in [4.69, 9.17) is 49.2 Å². The van der Waals surface area contributed by atoms with Gasteiger partial charge in [0.05, 0.1) is 33.9 Å². The number of hydrogen-bond donors (Lipinski definition) is 0. The normalized spacial score (nSPS) is 19.5. The molecule has 3 aromatic rings. The Morgan fingerprint density at radius 2 is 1.33 bits per heavy atom. The summed E-state index contributed by atoms with van der Waals surface area (Å²) in [4.78, 5) is 50.1. The molecule has 0 bridgehead atoms. The van der Waals surface area contributed by atoms with Crippen LogP contribution in [0.2, 0.25) is 5.04 Å². The summed E-state index contributed by atoms with van der Waals surface area (Å²) in [5.41, 5.74) is 0.763. The first kappa shape index (κ1) is 46.6. The van der Waals surface area contributed by atoms with Crippen molar-refractivity contribution in [3.8, 4) is 5.75 Å².